The van der Waals surface area contributed by atoms with E-state index >= 15 is 0 Å². The lowest BCUT2D eigenvalue weighted by atomic mass is 9.83. The van der Waals surface area contributed by atoms with Gasteiger partial charge in [-0.1, -0.05) is 22.0 Å². The van der Waals surface area contributed by atoms with E-state index in [9.17, 15) is 9.18 Å². The van der Waals surface area contributed by atoms with Crippen LogP contribution in [0.25, 0.3) is 0 Å². The normalized spacial score (nSPS) is 20.3. The number of aryl methyl sites for hydroxylation is 1. The summed E-state index contributed by atoms with van der Waals surface area (Å²) in [5, 5.41) is 3.41. The zero-order valence-electron chi connectivity index (χ0n) is 14.4. The standard InChI is InChI=1S/C20H22BrFN2O/c1-13-11-16(22)7-8-17(13)18-12-23-10-9-19(18)24(2)20(25)14-3-5-15(21)6-4-14/h3-8,11,18-19,23H,9-10,12H2,1-2H3. The summed E-state index contributed by atoms with van der Waals surface area (Å²) in [6.45, 7) is 3.59. The zero-order valence-corrected chi connectivity index (χ0v) is 16.0. The average Bonchev–Trinajstić information content (AvgIpc) is 2.61. The molecule has 2 unspecified atom stereocenters. The van der Waals surface area contributed by atoms with Crippen molar-refractivity contribution < 1.29 is 9.18 Å². The van der Waals surface area contributed by atoms with Crippen molar-refractivity contribution in [3.05, 3.63) is 69.4 Å². The number of rotatable bonds is 3. The Kier molecular flexibility index (Phi) is 5.54. The summed E-state index contributed by atoms with van der Waals surface area (Å²) in [6, 6.07) is 12.4. The van der Waals surface area contributed by atoms with Crippen molar-refractivity contribution in [3.63, 3.8) is 0 Å². The highest BCUT2D eigenvalue weighted by Crippen LogP contribution is 2.30. The second-order valence-electron chi connectivity index (χ2n) is 6.59. The Balaban J connectivity index is 1.87. The first kappa shape index (κ1) is 18.1. The number of nitrogens with one attached hydrogen (secondary N) is 1. The first-order chi connectivity index (χ1) is 12.0. The van der Waals surface area contributed by atoms with Crippen LogP contribution >= 0.6 is 15.9 Å². The summed E-state index contributed by atoms with van der Waals surface area (Å²) in [5.74, 6) is -0.0521. The van der Waals surface area contributed by atoms with Gasteiger partial charge in [-0.25, -0.2) is 4.39 Å². The number of carbonyl (C=O) groups is 1. The number of halogens is 2. The van der Waals surface area contributed by atoms with E-state index in [0.717, 1.165) is 35.1 Å². The van der Waals surface area contributed by atoms with Crippen LogP contribution in [0.3, 0.4) is 0 Å². The van der Waals surface area contributed by atoms with Gasteiger partial charge in [0.1, 0.15) is 5.82 Å². The molecule has 3 nitrogen and oxygen atoms in total. The highest BCUT2D eigenvalue weighted by Gasteiger charge is 2.33. The molecule has 25 heavy (non-hydrogen) atoms. The molecular formula is C20H22BrFN2O. The highest BCUT2D eigenvalue weighted by molar-refractivity contribution is 9.10. The third-order valence-corrected chi connectivity index (χ3v) is 5.51. The SMILES string of the molecule is Cc1cc(F)ccc1C1CNCCC1N(C)C(=O)c1ccc(Br)cc1. The van der Waals surface area contributed by atoms with E-state index in [1.165, 1.54) is 6.07 Å². The van der Waals surface area contributed by atoms with Crippen molar-refractivity contribution in [2.24, 2.45) is 0 Å². The number of hydrogen-bond donors (Lipinski definition) is 1. The molecular weight excluding hydrogens is 383 g/mol. The Morgan fingerprint density at radius 3 is 2.64 bits per heavy atom. The van der Waals surface area contributed by atoms with E-state index in [-0.39, 0.29) is 23.7 Å². The third kappa shape index (κ3) is 3.93. The molecule has 0 radical (unpaired) electrons. The van der Waals surface area contributed by atoms with Crippen LogP contribution in [-0.2, 0) is 0 Å². The minimum Gasteiger partial charge on any atom is -0.338 e. The number of benzene rings is 2. The van der Waals surface area contributed by atoms with Gasteiger partial charge in [0, 0.05) is 35.6 Å². The van der Waals surface area contributed by atoms with Gasteiger partial charge in [0.15, 0.2) is 0 Å². The molecule has 1 aliphatic heterocycles. The molecule has 1 heterocycles. The number of nitrogens with zero attached hydrogens (tertiary/aromatic N) is 1. The summed E-state index contributed by atoms with van der Waals surface area (Å²) in [6.07, 6.45) is 0.875. The Labute approximate surface area is 156 Å². The van der Waals surface area contributed by atoms with Crippen molar-refractivity contribution in [3.8, 4) is 0 Å². The fourth-order valence-corrected chi connectivity index (χ4v) is 3.89. The van der Waals surface area contributed by atoms with E-state index in [2.05, 4.69) is 21.2 Å². The fraction of sp³-hybridized carbons (Fsp3) is 0.350. The van der Waals surface area contributed by atoms with E-state index in [1.807, 2.05) is 49.2 Å². The topological polar surface area (TPSA) is 32.3 Å². The van der Waals surface area contributed by atoms with Crippen LogP contribution in [-0.4, -0.2) is 37.0 Å². The number of piperidine rings is 1. The Morgan fingerprint density at radius 2 is 1.96 bits per heavy atom. The first-order valence-corrected chi connectivity index (χ1v) is 9.26. The lowest BCUT2D eigenvalue weighted by Gasteiger charge is -2.39. The molecule has 0 bridgehead atoms. The molecule has 0 aromatic heterocycles. The minimum atomic E-state index is -0.221. The number of amides is 1. The van der Waals surface area contributed by atoms with Crippen LogP contribution in [0.1, 0.15) is 33.8 Å². The number of likely N-dealkylation sites (N-methyl/N-ethyl adjacent to an activating group) is 1. The predicted octanol–water partition coefficient (Wildman–Crippen LogP) is 4.11. The van der Waals surface area contributed by atoms with Gasteiger partial charge in [0.05, 0.1) is 0 Å². The van der Waals surface area contributed by atoms with E-state index < -0.39 is 0 Å². The van der Waals surface area contributed by atoms with Crippen LogP contribution in [0.15, 0.2) is 46.9 Å². The maximum atomic E-state index is 13.5. The molecule has 1 amide bonds. The molecule has 1 saturated heterocycles. The predicted molar refractivity (Wildman–Crippen MR) is 101 cm³/mol. The molecule has 1 N–H and O–H groups in total. The molecule has 0 spiro atoms. The average molecular weight is 405 g/mol. The Bertz CT molecular complexity index is 763. The lowest BCUT2D eigenvalue weighted by molar-refractivity contribution is 0.0678. The maximum absolute atomic E-state index is 13.5. The van der Waals surface area contributed by atoms with E-state index in [1.54, 1.807) is 6.07 Å². The quantitative estimate of drug-likeness (QED) is 0.834. The maximum Gasteiger partial charge on any atom is 0.253 e. The molecule has 2 aromatic carbocycles. The summed E-state index contributed by atoms with van der Waals surface area (Å²) >= 11 is 3.40. The summed E-state index contributed by atoms with van der Waals surface area (Å²) in [5.41, 5.74) is 2.72. The molecule has 2 atom stereocenters. The Hall–Kier alpha value is -1.72. The monoisotopic (exact) mass is 404 g/mol. The van der Waals surface area contributed by atoms with E-state index in [4.69, 9.17) is 0 Å². The lowest BCUT2D eigenvalue weighted by Crippen LogP contribution is -2.49. The van der Waals surface area contributed by atoms with Crippen molar-refractivity contribution in [1.82, 2.24) is 10.2 Å². The molecule has 3 rings (SSSR count). The summed E-state index contributed by atoms with van der Waals surface area (Å²) in [7, 11) is 1.87. The number of hydrogen-bond acceptors (Lipinski definition) is 2. The fourth-order valence-electron chi connectivity index (χ4n) is 3.63. The zero-order chi connectivity index (χ0) is 18.0. The minimum absolute atomic E-state index is 0.0177. The molecule has 1 fully saturated rings. The van der Waals surface area contributed by atoms with E-state index in [0.29, 0.717) is 5.56 Å². The van der Waals surface area contributed by atoms with Crippen LogP contribution in [0.5, 0.6) is 0 Å². The highest BCUT2D eigenvalue weighted by atomic mass is 79.9. The largest absolute Gasteiger partial charge is 0.338 e. The van der Waals surface area contributed by atoms with Gasteiger partial charge in [0.25, 0.3) is 5.91 Å². The van der Waals surface area contributed by atoms with Gasteiger partial charge >= 0.3 is 0 Å². The van der Waals surface area contributed by atoms with Gasteiger partial charge in [-0.05, 0) is 67.4 Å². The molecule has 0 aliphatic carbocycles. The van der Waals surface area contributed by atoms with Crippen LogP contribution in [0, 0.1) is 12.7 Å². The van der Waals surface area contributed by atoms with Gasteiger partial charge < -0.3 is 10.2 Å². The molecule has 132 valence electrons. The van der Waals surface area contributed by atoms with Crippen molar-refractivity contribution >= 4 is 21.8 Å². The third-order valence-electron chi connectivity index (χ3n) is 4.99. The first-order valence-electron chi connectivity index (χ1n) is 8.47. The van der Waals surface area contributed by atoms with Gasteiger partial charge in [0.2, 0.25) is 0 Å². The van der Waals surface area contributed by atoms with Gasteiger partial charge in [-0.3, -0.25) is 4.79 Å². The van der Waals surface area contributed by atoms with Gasteiger partial charge in [-0.2, -0.15) is 0 Å². The van der Waals surface area contributed by atoms with Crippen LogP contribution in [0.4, 0.5) is 4.39 Å². The van der Waals surface area contributed by atoms with Crippen molar-refractivity contribution in [2.75, 3.05) is 20.1 Å². The molecule has 1 aliphatic rings. The summed E-state index contributed by atoms with van der Waals surface area (Å²) < 4.78 is 14.4. The number of carbonyl (C=O) groups excluding carboxylic acids is 1. The molecule has 2 aromatic rings. The van der Waals surface area contributed by atoms with Crippen LogP contribution < -0.4 is 5.32 Å². The Morgan fingerprint density at radius 1 is 1.24 bits per heavy atom. The van der Waals surface area contributed by atoms with Crippen molar-refractivity contribution in [1.29, 1.82) is 0 Å². The molecule has 0 saturated carbocycles. The van der Waals surface area contributed by atoms with Crippen LogP contribution in [0.2, 0.25) is 0 Å². The van der Waals surface area contributed by atoms with Crippen molar-refractivity contribution in [2.45, 2.75) is 25.3 Å². The molecule has 5 heteroatoms. The summed E-state index contributed by atoms with van der Waals surface area (Å²) in [4.78, 5) is 14.7. The van der Waals surface area contributed by atoms with Gasteiger partial charge in [-0.15, -0.1) is 0 Å². The second kappa shape index (κ2) is 7.67. The second-order valence-corrected chi connectivity index (χ2v) is 7.51. The smallest absolute Gasteiger partial charge is 0.253 e.